The first-order valence-corrected chi connectivity index (χ1v) is 12.3. The van der Waals surface area contributed by atoms with Crippen LogP contribution in [0.4, 0.5) is 5.69 Å². The lowest BCUT2D eigenvalue weighted by Gasteiger charge is -2.23. The van der Waals surface area contributed by atoms with Crippen LogP contribution in [0.25, 0.3) is 0 Å². The number of benzene rings is 4. The zero-order valence-corrected chi connectivity index (χ0v) is 21.1. The topological polar surface area (TPSA) is 72.5 Å². The monoisotopic (exact) mass is 541 g/mol. The maximum atomic E-state index is 13.4. The SMILES string of the molecule is Cc1ccccc1C(=O)Nc1ccccc1C(=O)O[C@H](C(=O)c1ccccc1)[C@H](Br)c1ccccc1. The molecule has 4 rings (SSSR count). The van der Waals surface area contributed by atoms with Gasteiger partial charge in [0.25, 0.3) is 5.91 Å². The molecular formula is C30H24BrNO4. The van der Waals surface area contributed by atoms with Gasteiger partial charge >= 0.3 is 5.97 Å². The number of hydrogen-bond donors (Lipinski definition) is 1. The minimum absolute atomic E-state index is 0.151. The lowest BCUT2D eigenvalue weighted by molar-refractivity contribution is 0.0283. The van der Waals surface area contributed by atoms with Crippen LogP contribution < -0.4 is 5.32 Å². The third kappa shape index (κ3) is 5.78. The summed E-state index contributed by atoms with van der Waals surface area (Å²) in [6.45, 7) is 1.84. The maximum Gasteiger partial charge on any atom is 0.341 e. The largest absolute Gasteiger partial charge is 0.449 e. The fourth-order valence-electron chi connectivity index (χ4n) is 3.79. The molecule has 0 spiro atoms. The molecule has 6 heteroatoms. The predicted molar refractivity (Wildman–Crippen MR) is 144 cm³/mol. The summed E-state index contributed by atoms with van der Waals surface area (Å²) in [7, 11) is 0. The number of para-hydroxylation sites is 1. The average Bonchev–Trinajstić information content (AvgIpc) is 2.92. The molecule has 0 saturated carbocycles. The van der Waals surface area contributed by atoms with Crippen LogP contribution in [0.1, 0.15) is 47.0 Å². The third-order valence-electron chi connectivity index (χ3n) is 5.72. The van der Waals surface area contributed by atoms with Crippen molar-refractivity contribution in [3.8, 4) is 0 Å². The second-order valence-electron chi connectivity index (χ2n) is 8.18. The first-order valence-electron chi connectivity index (χ1n) is 11.4. The summed E-state index contributed by atoms with van der Waals surface area (Å²) in [5, 5.41) is 2.81. The summed E-state index contributed by atoms with van der Waals surface area (Å²) in [4.78, 5) is 39.1. The Morgan fingerprint density at radius 3 is 1.94 bits per heavy atom. The molecule has 0 bridgehead atoms. The van der Waals surface area contributed by atoms with Crippen LogP contribution in [0.2, 0.25) is 0 Å². The number of ether oxygens (including phenoxy) is 1. The van der Waals surface area contributed by atoms with E-state index < -0.39 is 16.9 Å². The van der Waals surface area contributed by atoms with Gasteiger partial charge in [-0.15, -0.1) is 0 Å². The van der Waals surface area contributed by atoms with Crippen molar-refractivity contribution >= 4 is 39.3 Å². The number of aryl methyl sites for hydroxylation is 1. The van der Waals surface area contributed by atoms with E-state index in [-0.39, 0.29) is 17.3 Å². The van der Waals surface area contributed by atoms with Gasteiger partial charge in [-0.05, 0) is 36.2 Å². The molecule has 5 nitrogen and oxygen atoms in total. The molecule has 0 saturated heterocycles. The number of rotatable bonds is 8. The number of ketones is 1. The Labute approximate surface area is 218 Å². The standard InChI is InChI=1S/C30H24BrNO4/c1-20-12-8-9-17-23(20)29(34)32-25-19-11-10-18-24(25)30(35)36-28(26(31)21-13-4-2-5-14-21)27(33)22-15-6-3-7-16-22/h2-19,26,28H,1H3,(H,32,34)/t26-,28+/m1/s1. The summed E-state index contributed by atoms with van der Waals surface area (Å²) >= 11 is 3.58. The third-order valence-corrected chi connectivity index (χ3v) is 6.73. The Morgan fingerprint density at radius 1 is 0.722 bits per heavy atom. The summed E-state index contributed by atoms with van der Waals surface area (Å²) in [5.74, 6) is -1.39. The number of nitrogens with one attached hydrogen (secondary N) is 1. The zero-order valence-electron chi connectivity index (χ0n) is 19.6. The van der Waals surface area contributed by atoms with Crippen LogP contribution in [-0.4, -0.2) is 23.8 Å². The molecule has 1 N–H and O–H groups in total. The number of esters is 1. The van der Waals surface area contributed by atoms with Crippen LogP contribution in [0, 0.1) is 6.92 Å². The van der Waals surface area contributed by atoms with E-state index in [0.717, 1.165) is 11.1 Å². The second-order valence-corrected chi connectivity index (χ2v) is 9.17. The quantitative estimate of drug-likeness (QED) is 0.151. The lowest BCUT2D eigenvalue weighted by Crippen LogP contribution is -2.31. The van der Waals surface area contributed by atoms with Gasteiger partial charge in [-0.3, -0.25) is 9.59 Å². The van der Waals surface area contributed by atoms with E-state index in [2.05, 4.69) is 21.2 Å². The molecule has 0 radical (unpaired) electrons. The molecule has 0 unspecified atom stereocenters. The number of amides is 1. The summed E-state index contributed by atoms with van der Waals surface area (Å²) in [5.41, 5.74) is 2.99. The van der Waals surface area contributed by atoms with Crippen molar-refractivity contribution in [3.05, 3.63) is 137 Å². The Morgan fingerprint density at radius 2 is 1.28 bits per heavy atom. The molecule has 1 amide bonds. The van der Waals surface area contributed by atoms with E-state index in [0.29, 0.717) is 16.8 Å². The molecule has 0 fully saturated rings. The Hall–Kier alpha value is -4.03. The van der Waals surface area contributed by atoms with Crippen molar-refractivity contribution in [2.75, 3.05) is 5.32 Å². The molecule has 0 aliphatic heterocycles. The molecule has 0 aliphatic carbocycles. The number of hydrogen-bond acceptors (Lipinski definition) is 4. The van der Waals surface area contributed by atoms with Crippen molar-refractivity contribution in [3.63, 3.8) is 0 Å². The predicted octanol–water partition coefficient (Wildman–Crippen LogP) is 6.79. The van der Waals surface area contributed by atoms with E-state index in [9.17, 15) is 14.4 Å². The zero-order chi connectivity index (χ0) is 25.5. The van der Waals surface area contributed by atoms with Crippen LogP contribution >= 0.6 is 15.9 Å². The number of anilines is 1. The smallest absolute Gasteiger partial charge is 0.341 e. The van der Waals surface area contributed by atoms with Gasteiger partial charge in [0, 0.05) is 11.1 Å². The van der Waals surface area contributed by atoms with Crippen molar-refractivity contribution in [2.24, 2.45) is 0 Å². The lowest BCUT2D eigenvalue weighted by atomic mass is 9.99. The van der Waals surface area contributed by atoms with Crippen LogP contribution in [0.5, 0.6) is 0 Å². The summed E-state index contributed by atoms with van der Waals surface area (Å²) in [6, 6.07) is 31.8. The fraction of sp³-hybridized carbons (Fsp3) is 0.100. The number of alkyl halides is 1. The number of carbonyl (C=O) groups excluding carboxylic acids is 3. The molecule has 180 valence electrons. The summed E-state index contributed by atoms with van der Waals surface area (Å²) < 4.78 is 5.83. The molecule has 4 aromatic rings. The number of carbonyl (C=O) groups is 3. The van der Waals surface area contributed by atoms with E-state index >= 15 is 0 Å². The van der Waals surface area contributed by atoms with Crippen LogP contribution in [0.3, 0.4) is 0 Å². The van der Waals surface area contributed by atoms with Crippen molar-refractivity contribution in [1.82, 2.24) is 0 Å². The van der Waals surface area contributed by atoms with E-state index in [1.165, 1.54) is 0 Å². The highest BCUT2D eigenvalue weighted by Gasteiger charge is 2.33. The van der Waals surface area contributed by atoms with Crippen molar-refractivity contribution in [2.45, 2.75) is 17.9 Å². The molecule has 0 aromatic heterocycles. The van der Waals surface area contributed by atoms with Gasteiger partial charge in [0.15, 0.2) is 6.10 Å². The first kappa shape index (κ1) is 25.1. The minimum atomic E-state index is -1.14. The summed E-state index contributed by atoms with van der Waals surface area (Å²) in [6.07, 6.45) is -1.14. The molecule has 4 aromatic carbocycles. The minimum Gasteiger partial charge on any atom is -0.449 e. The normalized spacial score (nSPS) is 12.3. The van der Waals surface area contributed by atoms with Gasteiger partial charge in [0.05, 0.1) is 16.1 Å². The molecule has 0 aliphatic rings. The molecule has 2 atom stereocenters. The van der Waals surface area contributed by atoms with Crippen molar-refractivity contribution in [1.29, 1.82) is 0 Å². The fourth-order valence-corrected chi connectivity index (χ4v) is 4.44. The highest BCUT2D eigenvalue weighted by Crippen LogP contribution is 2.32. The molecule has 0 heterocycles. The second kappa shape index (κ2) is 11.6. The van der Waals surface area contributed by atoms with Gasteiger partial charge in [-0.25, -0.2) is 4.79 Å². The maximum absolute atomic E-state index is 13.4. The highest BCUT2D eigenvalue weighted by molar-refractivity contribution is 9.09. The van der Waals surface area contributed by atoms with Crippen LogP contribution in [0.15, 0.2) is 109 Å². The Balaban J connectivity index is 1.63. The van der Waals surface area contributed by atoms with E-state index in [1.54, 1.807) is 60.7 Å². The van der Waals surface area contributed by atoms with Gasteiger partial charge < -0.3 is 10.1 Å². The Bertz CT molecular complexity index is 1370. The van der Waals surface area contributed by atoms with E-state index in [1.807, 2.05) is 55.5 Å². The highest BCUT2D eigenvalue weighted by atomic mass is 79.9. The van der Waals surface area contributed by atoms with Gasteiger partial charge in [0.2, 0.25) is 5.78 Å². The first-order chi connectivity index (χ1) is 17.5. The van der Waals surface area contributed by atoms with Crippen molar-refractivity contribution < 1.29 is 19.1 Å². The molecule has 36 heavy (non-hydrogen) atoms. The van der Waals surface area contributed by atoms with Crippen LogP contribution in [-0.2, 0) is 4.74 Å². The average molecular weight is 542 g/mol. The van der Waals surface area contributed by atoms with E-state index in [4.69, 9.17) is 4.74 Å². The number of halogens is 1. The van der Waals surface area contributed by atoms with Gasteiger partial charge in [0.1, 0.15) is 0 Å². The van der Waals surface area contributed by atoms with Gasteiger partial charge in [-0.1, -0.05) is 107 Å². The van der Waals surface area contributed by atoms with Gasteiger partial charge in [-0.2, -0.15) is 0 Å². The molecular weight excluding hydrogens is 518 g/mol. The Kier molecular flexibility index (Phi) is 8.08. The number of Topliss-reactive ketones (excluding diaryl/α,β-unsaturated/α-hetero) is 1.